The minimum absolute atomic E-state index is 0.223. The maximum absolute atomic E-state index is 10.8. The number of carbonyl (C=O) groups excluding carboxylic acids is 4. The number of nitrogens with two attached hydrogens (primary N) is 2. The molecule has 0 atom stereocenters. The van der Waals surface area contributed by atoms with E-state index in [1.165, 1.54) is 0 Å². The summed E-state index contributed by atoms with van der Waals surface area (Å²) in [4.78, 5) is 61.4. The minimum atomic E-state index is -0.724. The van der Waals surface area contributed by atoms with Crippen molar-refractivity contribution in [2.75, 3.05) is 26.2 Å². The second-order valence-electron chi connectivity index (χ2n) is 4.02. The van der Waals surface area contributed by atoms with E-state index < -0.39 is 23.9 Å². The fourth-order valence-electron chi connectivity index (χ4n) is 0.957. The molecule has 0 aromatic carbocycles. The van der Waals surface area contributed by atoms with Crippen molar-refractivity contribution in [3.63, 3.8) is 0 Å². The zero-order valence-corrected chi connectivity index (χ0v) is 14.1. The van der Waals surface area contributed by atoms with Crippen LogP contribution in [0.5, 0.6) is 0 Å². The second-order valence-corrected chi connectivity index (χ2v) is 4.02. The standard InChI is InChI=1S/C10H16N2O8.C2H8N2/c1-7(13)17-11(18-8(2)14)5-6-12(19-9(3)15)20-10(4)16;3-1-2-4/h5-6H2,1-4H3;1-4H2. The number of hydroxylamine groups is 4. The third-order valence-electron chi connectivity index (χ3n) is 1.55. The van der Waals surface area contributed by atoms with Crippen LogP contribution in [0.1, 0.15) is 27.7 Å². The Kier molecular flexibility index (Phi) is 14.3. The molecule has 0 unspecified atom stereocenters. The summed E-state index contributed by atoms with van der Waals surface area (Å²) in [6, 6.07) is 0. The van der Waals surface area contributed by atoms with Crippen molar-refractivity contribution >= 4 is 23.9 Å². The molecule has 0 heterocycles. The lowest BCUT2D eigenvalue weighted by atomic mass is 10.7. The Morgan fingerprint density at radius 2 is 0.833 bits per heavy atom. The van der Waals surface area contributed by atoms with Gasteiger partial charge in [-0.1, -0.05) is 0 Å². The van der Waals surface area contributed by atoms with E-state index in [-0.39, 0.29) is 13.1 Å². The number of nitrogens with zero attached hydrogens (tertiary/aromatic N) is 2. The Morgan fingerprint density at radius 1 is 0.625 bits per heavy atom. The Bertz CT molecular complexity index is 348. The smallest absolute Gasteiger partial charge is 0.326 e. The van der Waals surface area contributed by atoms with E-state index in [9.17, 15) is 19.2 Å². The summed E-state index contributed by atoms with van der Waals surface area (Å²) in [5.41, 5.74) is 9.81. The monoisotopic (exact) mass is 352 g/mol. The lowest BCUT2D eigenvalue weighted by molar-refractivity contribution is -0.354. The van der Waals surface area contributed by atoms with Gasteiger partial charge in [0.2, 0.25) is 0 Å². The quantitative estimate of drug-likeness (QED) is 0.482. The van der Waals surface area contributed by atoms with Gasteiger partial charge in [-0.3, -0.25) is 19.2 Å². The van der Waals surface area contributed by atoms with Crippen LogP contribution in [0.3, 0.4) is 0 Å². The highest BCUT2D eigenvalue weighted by atomic mass is 17.0. The van der Waals surface area contributed by atoms with Gasteiger partial charge in [0.25, 0.3) is 0 Å². The fraction of sp³-hybridized carbons (Fsp3) is 0.667. The van der Waals surface area contributed by atoms with Crippen molar-refractivity contribution in [2.45, 2.75) is 27.7 Å². The summed E-state index contributed by atoms with van der Waals surface area (Å²) < 4.78 is 0. The topological polar surface area (TPSA) is 164 Å². The first-order valence-electron chi connectivity index (χ1n) is 6.81. The normalized spacial score (nSPS) is 9.67. The summed E-state index contributed by atoms with van der Waals surface area (Å²) >= 11 is 0. The molecular weight excluding hydrogens is 328 g/mol. The third-order valence-corrected chi connectivity index (χ3v) is 1.55. The fourth-order valence-corrected chi connectivity index (χ4v) is 0.957. The molecular formula is C12H24N4O8. The van der Waals surface area contributed by atoms with Gasteiger partial charge < -0.3 is 30.8 Å². The Labute approximate surface area is 139 Å². The van der Waals surface area contributed by atoms with E-state index in [2.05, 4.69) is 19.4 Å². The van der Waals surface area contributed by atoms with Crippen LogP contribution < -0.4 is 11.5 Å². The predicted molar refractivity (Wildman–Crippen MR) is 78.6 cm³/mol. The average molecular weight is 352 g/mol. The Balaban J connectivity index is 0. The van der Waals surface area contributed by atoms with Gasteiger partial charge in [0.1, 0.15) is 0 Å². The minimum Gasteiger partial charge on any atom is -0.333 e. The first-order valence-corrected chi connectivity index (χ1v) is 6.81. The zero-order chi connectivity index (χ0) is 19.1. The molecule has 0 aliphatic heterocycles. The van der Waals surface area contributed by atoms with Crippen molar-refractivity contribution in [1.29, 1.82) is 0 Å². The van der Waals surface area contributed by atoms with Gasteiger partial charge in [-0.15, -0.1) is 0 Å². The highest BCUT2D eigenvalue weighted by Gasteiger charge is 2.18. The van der Waals surface area contributed by atoms with Crippen LogP contribution in [0.25, 0.3) is 0 Å². The largest absolute Gasteiger partial charge is 0.333 e. The molecule has 0 aromatic heterocycles. The van der Waals surface area contributed by atoms with Gasteiger partial charge in [-0.05, 0) is 0 Å². The van der Waals surface area contributed by atoms with Crippen molar-refractivity contribution in [3.8, 4) is 0 Å². The van der Waals surface area contributed by atoms with Crippen LogP contribution >= 0.6 is 0 Å². The van der Waals surface area contributed by atoms with Crippen LogP contribution in [0, 0.1) is 0 Å². The Morgan fingerprint density at radius 3 is 0.958 bits per heavy atom. The van der Waals surface area contributed by atoms with Crippen LogP contribution in [0.2, 0.25) is 0 Å². The maximum Gasteiger partial charge on any atom is 0.326 e. The molecule has 0 aliphatic rings. The third kappa shape index (κ3) is 17.8. The van der Waals surface area contributed by atoms with Crippen LogP contribution in [-0.4, -0.2) is 60.5 Å². The van der Waals surface area contributed by atoms with Gasteiger partial charge in [0.15, 0.2) is 0 Å². The molecule has 0 saturated heterocycles. The molecule has 0 bridgehead atoms. The van der Waals surface area contributed by atoms with Crippen LogP contribution in [0.4, 0.5) is 0 Å². The van der Waals surface area contributed by atoms with Gasteiger partial charge in [0, 0.05) is 51.2 Å². The summed E-state index contributed by atoms with van der Waals surface area (Å²) in [7, 11) is 0. The van der Waals surface area contributed by atoms with Crippen molar-refractivity contribution < 1.29 is 38.5 Å². The van der Waals surface area contributed by atoms with Crippen LogP contribution in [-0.2, 0) is 38.5 Å². The molecule has 24 heavy (non-hydrogen) atoms. The molecule has 0 fully saturated rings. The van der Waals surface area contributed by atoms with E-state index in [4.69, 9.17) is 11.5 Å². The molecule has 0 aromatic rings. The van der Waals surface area contributed by atoms with E-state index >= 15 is 0 Å². The van der Waals surface area contributed by atoms with Gasteiger partial charge >= 0.3 is 23.9 Å². The van der Waals surface area contributed by atoms with E-state index in [1.54, 1.807) is 0 Å². The highest BCUT2D eigenvalue weighted by Crippen LogP contribution is 1.99. The number of rotatable bonds is 8. The van der Waals surface area contributed by atoms with Crippen molar-refractivity contribution in [2.24, 2.45) is 11.5 Å². The second kappa shape index (κ2) is 14.3. The lowest BCUT2D eigenvalue weighted by Gasteiger charge is -2.22. The van der Waals surface area contributed by atoms with Crippen LogP contribution in [0.15, 0.2) is 0 Å². The van der Waals surface area contributed by atoms with E-state index in [0.29, 0.717) is 23.5 Å². The Hall–Kier alpha value is -2.28. The summed E-state index contributed by atoms with van der Waals surface area (Å²) in [5.74, 6) is -2.90. The molecule has 0 amide bonds. The molecule has 140 valence electrons. The molecule has 0 aliphatic carbocycles. The molecule has 0 spiro atoms. The number of hydrogen-bond acceptors (Lipinski definition) is 12. The van der Waals surface area contributed by atoms with Gasteiger partial charge in [0.05, 0.1) is 13.1 Å². The number of hydrogen-bond donors (Lipinski definition) is 2. The molecule has 0 radical (unpaired) electrons. The first kappa shape index (κ1) is 24.0. The SMILES string of the molecule is CC(=O)ON(CCN(OC(C)=O)OC(C)=O)OC(C)=O.NCCN. The molecule has 0 rings (SSSR count). The van der Waals surface area contributed by atoms with Gasteiger partial charge in [-0.2, -0.15) is 0 Å². The molecule has 4 N–H and O–H groups in total. The van der Waals surface area contributed by atoms with Crippen molar-refractivity contribution in [3.05, 3.63) is 0 Å². The maximum atomic E-state index is 10.8. The summed E-state index contributed by atoms with van der Waals surface area (Å²) in [6.07, 6.45) is 0. The molecule has 12 nitrogen and oxygen atoms in total. The van der Waals surface area contributed by atoms with E-state index in [1.807, 2.05) is 0 Å². The van der Waals surface area contributed by atoms with Gasteiger partial charge in [-0.25, -0.2) is 0 Å². The van der Waals surface area contributed by atoms with E-state index in [0.717, 1.165) is 27.7 Å². The lowest BCUT2D eigenvalue weighted by Crippen LogP contribution is -2.38. The first-order chi connectivity index (χ1) is 11.1. The molecule has 0 saturated carbocycles. The summed E-state index contributed by atoms with van der Waals surface area (Å²) in [6.45, 7) is 5.16. The highest BCUT2D eigenvalue weighted by molar-refractivity contribution is 5.67. The molecule has 12 heteroatoms. The average Bonchev–Trinajstić information content (AvgIpc) is 2.42. The predicted octanol–water partition coefficient (Wildman–Crippen LogP) is -1.59. The zero-order valence-electron chi connectivity index (χ0n) is 14.1. The van der Waals surface area contributed by atoms with Crippen molar-refractivity contribution in [1.82, 2.24) is 10.5 Å². The summed E-state index contributed by atoms with van der Waals surface area (Å²) in [5, 5.41) is 1.15. The number of carbonyl (C=O) groups is 4.